The minimum Gasteiger partial charge on any atom is -0.481 e. The Labute approximate surface area is 104 Å². The Balaban J connectivity index is 2.28. The first kappa shape index (κ1) is 14.5. The van der Waals surface area contributed by atoms with E-state index < -0.39 is 5.97 Å². The summed E-state index contributed by atoms with van der Waals surface area (Å²) in [6.45, 7) is 8.02. The first-order valence-electron chi connectivity index (χ1n) is 6.63. The van der Waals surface area contributed by atoms with Gasteiger partial charge in [-0.25, -0.2) is 0 Å². The normalized spacial score (nSPS) is 21.1. The van der Waals surface area contributed by atoms with Crippen LogP contribution in [0.1, 0.15) is 39.5 Å². The van der Waals surface area contributed by atoms with Gasteiger partial charge >= 0.3 is 5.97 Å². The van der Waals surface area contributed by atoms with E-state index in [1.165, 1.54) is 6.42 Å². The molecule has 1 aliphatic heterocycles. The fourth-order valence-corrected chi connectivity index (χ4v) is 2.28. The van der Waals surface area contributed by atoms with E-state index in [4.69, 9.17) is 9.84 Å². The van der Waals surface area contributed by atoms with Crippen molar-refractivity contribution in [1.29, 1.82) is 0 Å². The van der Waals surface area contributed by atoms with Crippen LogP contribution >= 0.6 is 0 Å². The molecule has 0 aliphatic carbocycles. The third-order valence-corrected chi connectivity index (χ3v) is 3.31. The second-order valence-electron chi connectivity index (χ2n) is 5.17. The van der Waals surface area contributed by atoms with E-state index in [2.05, 4.69) is 18.7 Å². The third kappa shape index (κ3) is 6.03. The average Bonchev–Trinajstić information content (AvgIpc) is 2.28. The van der Waals surface area contributed by atoms with Crippen LogP contribution in [-0.4, -0.2) is 48.3 Å². The maximum Gasteiger partial charge on any atom is 0.303 e. The summed E-state index contributed by atoms with van der Waals surface area (Å²) in [6, 6.07) is 0.478. The lowest BCUT2D eigenvalue weighted by atomic mass is 10.0. The van der Waals surface area contributed by atoms with Gasteiger partial charge in [-0.05, 0) is 45.6 Å². The molecule has 1 rings (SSSR count). The van der Waals surface area contributed by atoms with Crippen LogP contribution in [0.5, 0.6) is 0 Å². The predicted molar refractivity (Wildman–Crippen MR) is 67.1 cm³/mol. The molecule has 0 aromatic rings. The Hall–Kier alpha value is -0.610. The molecule has 0 aromatic carbocycles. The summed E-state index contributed by atoms with van der Waals surface area (Å²) in [5.41, 5.74) is 0. The van der Waals surface area contributed by atoms with Crippen LogP contribution in [0, 0.1) is 5.92 Å². The van der Waals surface area contributed by atoms with E-state index >= 15 is 0 Å². The van der Waals surface area contributed by atoms with Crippen molar-refractivity contribution in [1.82, 2.24) is 4.90 Å². The molecule has 0 aromatic heterocycles. The monoisotopic (exact) mass is 243 g/mol. The zero-order valence-corrected chi connectivity index (χ0v) is 11.0. The molecule has 0 radical (unpaired) electrons. The summed E-state index contributed by atoms with van der Waals surface area (Å²) in [4.78, 5) is 12.9. The molecule has 0 amide bonds. The van der Waals surface area contributed by atoms with Gasteiger partial charge in [0.15, 0.2) is 0 Å². The summed E-state index contributed by atoms with van der Waals surface area (Å²) in [7, 11) is 0. The molecule has 1 heterocycles. The molecule has 0 saturated carbocycles. The third-order valence-electron chi connectivity index (χ3n) is 3.31. The molecule has 1 fully saturated rings. The van der Waals surface area contributed by atoms with Gasteiger partial charge in [-0.3, -0.25) is 4.79 Å². The van der Waals surface area contributed by atoms with Crippen LogP contribution in [0.2, 0.25) is 0 Å². The van der Waals surface area contributed by atoms with Crippen molar-refractivity contribution < 1.29 is 14.6 Å². The Bertz CT molecular complexity index is 225. The lowest BCUT2D eigenvalue weighted by molar-refractivity contribution is -0.137. The van der Waals surface area contributed by atoms with Crippen LogP contribution in [-0.2, 0) is 9.53 Å². The van der Waals surface area contributed by atoms with Crippen molar-refractivity contribution in [3.8, 4) is 0 Å². The molecule has 0 bridgehead atoms. The highest BCUT2D eigenvalue weighted by atomic mass is 16.5. The van der Waals surface area contributed by atoms with Gasteiger partial charge in [-0.15, -0.1) is 0 Å². The zero-order chi connectivity index (χ0) is 12.7. The quantitative estimate of drug-likeness (QED) is 0.743. The van der Waals surface area contributed by atoms with Gasteiger partial charge in [0.2, 0.25) is 0 Å². The van der Waals surface area contributed by atoms with Gasteiger partial charge in [-0.1, -0.05) is 0 Å². The highest BCUT2D eigenvalue weighted by molar-refractivity contribution is 5.66. The van der Waals surface area contributed by atoms with Crippen molar-refractivity contribution in [2.75, 3.05) is 26.3 Å². The van der Waals surface area contributed by atoms with Crippen molar-refractivity contribution in [2.24, 2.45) is 5.92 Å². The average molecular weight is 243 g/mol. The number of carboxylic acids is 1. The highest BCUT2D eigenvalue weighted by Crippen LogP contribution is 2.16. The second-order valence-corrected chi connectivity index (χ2v) is 5.17. The Kier molecular flexibility index (Phi) is 6.52. The van der Waals surface area contributed by atoms with E-state index in [1.807, 2.05) is 0 Å². The molecule has 4 nitrogen and oxygen atoms in total. The van der Waals surface area contributed by atoms with E-state index in [0.29, 0.717) is 12.0 Å². The number of hydrogen-bond donors (Lipinski definition) is 1. The highest BCUT2D eigenvalue weighted by Gasteiger charge is 2.19. The first-order valence-corrected chi connectivity index (χ1v) is 6.63. The molecule has 1 atom stereocenters. The Morgan fingerprint density at radius 3 is 2.82 bits per heavy atom. The van der Waals surface area contributed by atoms with E-state index in [0.717, 1.165) is 39.1 Å². The van der Waals surface area contributed by atoms with Gasteiger partial charge in [0.25, 0.3) is 0 Å². The van der Waals surface area contributed by atoms with Gasteiger partial charge in [-0.2, -0.15) is 0 Å². The largest absolute Gasteiger partial charge is 0.481 e. The molecule has 1 unspecified atom stereocenters. The predicted octanol–water partition coefficient (Wildman–Crippen LogP) is 1.99. The maximum absolute atomic E-state index is 10.5. The summed E-state index contributed by atoms with van der Waals surface area (Å²) in [5, 5.41) is 8.65. The number of carboxylic acid groups (broad SMARTS) is 1. The number of hydrogen-bond acceptors (Lipinski definition) is 3. The molecule has 4 heteroatoms. The maximum atomic E-state index is 10.5. The molecule has 1 N–H and O–H groups in total. The molecule has 0 spiro atoms. The van der Waals surface area contributed by atoms with Crippen LogP contribution in [0.25, 0.3) is 0 Å². The lowest BCUT2D eigenvalue weighted by Gasteiger charge is -2.32. The number of aliphatic carboxylic acids is 1. The molecular formula is C13H25NO3. The lowest BCUT2D eigenvalue weighted by Crippen LogP contribution is -2.38. The van der Waals surface area contributed by atoms with E-state index in [9.17, 15) is 4.79 Å². The van der Waals surface area contributed by atoms with Crippen LogP contribution in [0.4, 0.5) is 0 Å². The topological polar surface area (TPSA) is 49.8 Å². The second kappa shape index (κ2) is 7.67. The minimum atomic E-state index is -0.699. The summed E-state index contributed by atoms with van der Waals surface area (Å²) >= 11 is 0. The molecule has 17 heavy (non-hydrogen) atoms. The number of nitrogens with zero attached hydrogens (tertiary/aromatic N) is 1. The number of rotatable bonds is 7. The molecule has 1 aliphatic rings. The summed E-state index contributed by atoms with van der Waals surface area (Å²) in [5.74, 6) is -0.0781. The van der Waals surface area contributed by atoms with Crippen molar-refractivity contribution in [3.63, 3.8) is 0 Å². The molecule has 1 saturated heterocycles. The smallest absolute Gasteiger partial charge is 0.303 e. The Morgan fingerprint density at radius 2 is 2.29 bits per heavy atom. The van der Waals surface area contributed by atoms with E-state index in [-0.39, 0.29) is 6.42 Å². The summed E-state index contributed by atoms with van der Waals surface area (Å²) < 4.78 is 5.48. The fraction of sp³-hybridized carbons (Fsp3) is 0.923. The molecule has 100 valence electrons. The summed E-state index contributed by atoms with van der Waals surface area (Å²) in [6.07, 6.45) is 3.40. The van der Waals surface area contributed by atoms with Crippen molar-refractivity contribution in [3.05, 3.63) is 0 Å². The van der Waals surface area contributed by atoms with Crippen molar-refractivity contribution >= 4 is 5.97 Å². The zero-order valence-electron chi connectivity index (χ0n) is 11.0. The SMILES string of the molecule is CC(C)N(CCCC(=O)O)CC1CCCOC1. The van der Waals surface area contributed by atoms with Gasteiger partial charge in [0.05, 0.1) is 6.61 Å². The van der Waals surface area contributed by atoms with Gasteiger partial charge < -0.3 is 14.7 Å². The first-order chi connectivity index (χ1) is 8.09. The van der Waals surface area contributed by atoms with E-state index in [1.54, 1.807) is 0 Å². The van der Waals surface area contributed by atoms with Crippen LogP contribution in [0.3, 0.4) is 0 Å². The minimum absolute atomic E-state index is 0.268. The van der Waals surface area contributed by atoms with Gasteiger partial charge in [0.1, 0.15) is 0 Å². The molecular weight excluding hydrogens is 218 g/mol. The van der Waals surface area contributed by atoms with Gasteiger partial charge in [0, 0.05) is 25.6 Å². The van der Waals surface area contributed by atoms with Crippen LogP contribution in [0.15, 0.2) is 0 Å². The van der Waals surface area contributed by atoms with Crippen molar-refractivity contribution in [2.45, 2.75) is 45.6 Å². The number of ether oxygens (including phenoxy) is 1. The Morgan fingerprint density at radius 1 is 1.53 bits per heavy atom. The standard InChI is InChI=1S/C13H25NO3/c1-11(2)14(7-3-6-13(15)16)9-12-5-4-8-17-10-12/h11-12H,3-10H2,1-2H3,(H,15,16). The number of carbonyl (C=O) groups is 1. The van der Waals surface area contributed by atoms with Crippen LogP contribution < -0.4 is 0 Å². The fourth-order valence-electron chi connectivity index (χ4n) is 2.28.